The summed E-state index contributed by atoms with van der Waals surface area (Å²) in [5, 5.41) is 10.8. The highest BCUT2D eigenvalue weighted by atomic mass is 19.3. The predicted molar refractivity (Wildman–Crippen MR) is 67.0 cm³/mol. The molecule has 2 N–H and O–H groups in total. The average molecular weight is 289 g/mol. The molecule has 1 unspecified atom stereocenters. The molecule has 1 aromatic rings. The van der Waals surface area contributed by atoms with E-state index in [1.807, 2.05) is 19.2 Å². The molecule has 5 nitrogen and oxygen atoms in total. The Morgan fingerprint density at radius 2 is 2.00 bits per heavy atom. The van der Waals surface area contributed by atoms with E-state index in [0.29, 0.717) is 18.6 Å². The van der Waals surface area contributed by atoms with Crippen molar-refractivity contribution in [2.24, 2.45) is 0 Å². The van der Waals surface area contributed by atoms with Gasteiger partial charge in [0.1, 0.15) is 11.8 Å². The number of carboxylic acids is 1. The van der Waals surface area contributed by atoms with E-state index in [-0.39, 0.29) is 5.76 Å². The first-order valence-electron chi connectivity index (χ1n) is 6.32. The van der Waals surface area contributed by atoms with Gasteiger partial charge in [-0.1, -0.05) is 13.8 Å². The lowest BCUT2D eigenvalue weighted by Gasteiger charge is -2.12. The van der Waals surface area contributed by atoms with Crippen molar-refractivity contribution >= 4 is 11.9 Å². The van der Waals surface area contributed by atoms with Crippen molar-refractivity contribution in [1.29, 1.82) is 0 Å². The van der Waals surface area contributed by atoms with Crippen LogP contribution in [0.3, 0.4) is 0 Å². The van der Waals surface area contributed by atoms with Crippen LogP contribution in [0.5, 0.6) is 0 Å². The number of halogens is 2. The van der Waals surface area contributed by atoms with Gasteiger partial charge in [-0.15, -0.1) is 0 Å². The number of aryl methyl sites for hydroxylation is 2. The van der Waals surface area contributed by atoms with Crippen molar-refractivity contribution in [2.45, 2.75) is 45.6 Å². The zero-order chi connectivity index (χ0) is 15.3. The maximum absolute atomic E-state index is 12.2. The third-order valence-corrected chi connectivity index (χ3v) is 2.84. The number of nitrogens with one attached hydrogen (secondary N) is 1. The molecule has 0 spiro atoms. The number of aliphatic carboxylic acids is 1. The lowest BCUT2D eigenvalue weighted by molar-refractivity contribution is -0.140. The van der Waals surface area contributed by atoms with Gasteiger partial charge in [-0.3, -0.25) is 4.79 Å². The summed E-state index contributed by atoms with van der Waals surface area (Å²) < 4.78 is 29.8. The maximum Gasteiger partial charge on any atom is 0.326 e. The molecule has 1 rings (SSSR count). The molecule has 7 heteroatoms. The van der Waals surface area contributed by atoms with E-state index in [1.165, 1.54) is 6.07 Å². The van der Waals surface area contributed by atoms with Crippen molar-refractivity contribution in [3.63, 3.8) is 0 Å². The van der Waals surface area contributed by atoms with Crippen LogP contribution >= 0.6 is 0 Å². The SMILES string of the molecule is CCc1cc(C(=O)NC(CC(F)F)C(=O)O)oc1CC. The van der Waals surface area contributed by atoms with Crippen molar-refractivity contribution in [3.05, 3.63) is 23.2 Å². The van der Waals surface area contributed by atoms with Crippen LogP contribution < -0.4 is 5.32 Å². The van der Waals surface area contributed by atoms with E-state index in [4.69, 9.17) is 9.52 Å². The standard InChI is InChI=1S/C13H17F2NO4/c1-3-7-5-10(20-9(7)4-2)12(17)16-8(13(18)19)6-11(14)15/h5,8,11H,3-4,6H2,1-2H3,(H,16,17)(H,18,19). The molecule has 0 aliphatic carbocycles. The number of carbonyl (C=O) groups is 2. The highest BCUT2D eigenvalue weighted by Gasteiger charge is 2.26. The minimum absolute atomic E-state index is 0.0563. The van der Waals surface area contributed by atoms with Crippen LogP contribution in [0.1, 0.15) is 42.1 Å². The minimum atomic E-state index is -2.81. The number of furan rings is 1. The Hall–Kier alpha value is -1.92. The number of rotatable bonds is 7. The van der Waals surface area contributed by atoms with Crippen molar-refractivity contribution in [3.8, 4) is 0 Å². The van der Waals surface area contributed by atoms with Crippen LogP contribution in [-0.2, 0) is 17.6 Å². The molecule has 20 heavy (non-hydrogen) atoms. The van der Waals surface area contributed by atoms with Gasteiger partial charge in [0.2, 0.25) is 6.43 Å². The third-order valence-electron chi connectivity index (χ3n) is 2.84. The fourth-order valence-corrected chi connectivity index (χ4v) is 1.81. The molecular formula is C13H17F2NO4. The second kappa shape index (κ2) is 7.02. The molecule has 1 heterocycles. The highest BCUT2D eigenvalue weighted by molar-refractivity contribution is 5.94. The van der Waals surface area contributed by atoms with Gasteiger partial charge in [-0.25, -0.2) is 13.6 Å². The normalized spacial score (nSPS) is 12.4. The Kier molecular flexibility index (Phi) is 5.66. The number of hydrogen-bond acceptors (Lipinski definition) is 3. The summed E-state index contributed by atoms with van der Waals surface area (Å²) in [6.07, 6.45) is -2.50. The summed E-state index contributed by atoms with van der Waals surface area (Å²) in [6.45, 7) is 3.75. The largest absolute Gasteiger partial charge is 0.480 e. The van der Waals surface area contributed by atoms with Gasteiger partial charge in [-0.2, -0.15) is 0 Å². The zero-order valence-electron chi connectivity index (χ0n) is 11.3. The van der Waals surface area contributed by atoms with Gasteiger partial charge in [0, 0.05) is 12.8 Å². The molecule has 0 saturated heterocycles. The Morgan fingerprint density at radius 1 is 1.35 bits per heavy atom. The van der Waals surface area contributed by atoms with Crippen LogP contribution in [0.2, 0.25) is 0 Å². The maximum atomic E-state index is 12.2. The van der Waals surface area contributed by atoms with Gasteiger partial charge < -0.3 is 14.8 Å². The van der Waals surface area contributed by atoms with Gasteiger partial charge >= 0.3 is 5.97 Å². The molecule has 0 aliphatic heterocycles. The molecule has 0 saturated carbocycles. The van der Waals surface area contributed by atoms with Crippen LogP contribution in [0, 0.1) is 0 Å². The predicted octanol–water partition coefficient (Wildman–Crippen LogP) is 2.24. The summed E-state index contributed by atoms with van der Waals surface area (Å²) in [4.78, 5) is 22.6. The molecule has 1 atom stereocenters. The molecule has 0 aliphatic rings. The summed E-state index contributed by atoms with van der Waals surface area (Å²) in [5.41, 5.74) is 0.846. The highest BCUT2D eigenvalue weighted by Crippen LogP contribution is 2.17. The van der Waals surface area contributed by atoms with Crippen LogP contribution in [0.15, 0.2) is 10.5 Å². The van der Waals surface area contributed by atoms with E-state index in [9.17, 15) is 18.4 Å². The van der Waals surface area contributed by atoms with Crippen LogP contribution in [0.4, 0.5) is 8.78 Å². The van der Waals surface area contributed by atoms with Gasteiger partial charge in [0.15, 0.2) is 5.76 Å². The van der Waals surface area contributed by atoms with Gasteiger partial charge in [-0.05, 0) is 18.1 Å². The van der Waals surface area contributed by atoms with E-state index >= 15 is 0 Å². The molecule has 1 aromatic heterocycles. The van der Waals surface area contributed by atoms with E-state index in [1.54, 1.807) is 0 Å². The van der Waals surface area contributed by atoms with E-state index in [0.717, 1.165) is 5.56 Å². The molecule has 0 radical (unpaired) electrons. The monoisotopic (exact) mass is 289 g/mol. The van der Waals surface area contributed by atoms with Crippen molar-refractivity contribution in [1.82, 2.24) is 5.32 Å². The second-order valence-electron chi connectivity index (χ2n) is 4.26. The lowest BCUT2D eigenvalue weighted by atomic mass is 10.1. The Morgan fingerprint density at radius 3 is 2.40 bits per heavy atom. The third kappa shape index (κ3) is 4.04. The first kappa shape index (κ1) is 16.1. The van der Waals surface area contributed by atoms with E-state index < -0.39 is 30.8 Å². The molecule has 0 fully saturated rings. The summed E-state index contributed by atoms with van der Waals surface area (Å²) >= 11 is 0. The summed E-state index contributed by atoms with van der Waals surface area (Å²) in [7, 11) is 0. The molecule has 112 valence electrons. The molecular weight excluding hydrogens is 272 g/mol. The first-order chi connectivity index (χ1) is 9.38. The van der Waals surface area contributed by atoms with E-state index in [2.05, 4.69) is 0 Å². The second-order valence-corrected chi connectivity index (χ2v) is 4.26. The number of carbonyl (C=O) groups excluding carboxylic acids is 1. The number of hydrogen-bond donors (Lipinski definition) is 2. The number of carboxylic acid groups (broad SMARTS) is 1. The summed E-state index contributed by atoms with van der Waals surface area (Å²) in [5.74, 6) is -1.72. The fraction of sp³-hybridized carbons (Fsp3) is 0.538. The van der Waals surface area contributed by atoms with Gasteiger partial charge in [0.25, 0.3) is 5.91 Å². The molecule has 0 aromatic carbocycles. The fourth-order valence-electron chi connectivity index (χ4n) is 1.81. The summed E-state index contributed by atoms with van der Waals surface area (Å²) in [6, 6.07) is -0.127. The molecule has 1 amide bonds. The van der Waals surface area contributed by atoms with Crippen molar-refractivity contribution < 1.29 is 27.9 Å². The van der Waals surface area contributed by atoms with Crippen LogP contribution in [-0.4, -0.2) is 29.5 Å². The lowest BCUT2D eigenvalue weighted by Crippen LogP contribution is -2.41. The Labute approximate surface area is 115 Å². The Bertz CT molecular complexity index is 463. The first-order valence-corrected chi connectivity index (χ1v) is 6.32. The quantitative estimate of drug-likeness (QED) is 0.806. The van der Waals surface area contributed by atoms with Gasteiger partial charge in [0.05, 0.1) is 0 Å². The smallest absolute Gasteiger partial charge is 0.326 e. The topological polar surface area (TPSA) is 79.5 Å². The van der Waals surface area contributed by atoms with Crippen molar-refractivity contribution in [2.75, 3.05) is 0 Å². The molecule has 0 bridgehead atoms. The van der Waals surface area contributed by atoms with Crippen LogP contribution in [0.25, 0.3) is 0 Å². The number of amides is 1. The zero-order valence-corrected chi connectivity index (χ0v) is 11.3. The number of alkyl halides is 2. The average Bonchev–Trinajstić information content (AvgIpc) is 2.80. The Balaban J connectivity index is 2.83. The minimum Gasteiger partial charge on any atom is -0.480 e.